The number of rotatable bonds is 10. The third-order valence-corrected chi connectivity index (χ3v) is 6.00. The summed E-state index contributed by atoms with van der Waals surface area (Å²) in [6.45, 7) is 3.40. The number of hydrogen-bond donors (Lipinski definition) is 1. The summed E-state index contributed by atoms with van der Waals surface area (Å²) < 4.78 is 41.9. The summed E-state index contributed by atoms with van der Waals surface area (Å²) in [6, 6.07) is 9.63. The quantitative estimate of drug-likeness (QED) is 0.578. The average molecular weight is 435 g/mol. The molecule has 0 aliphatic rings. The van der Waals surface area contributed by atoms with Gasteiger partial charge in [-0.1, -0.05) is 12.1 Å². The Morgan fingerprint density at radius 1 is 1.07 bits per heavy atom. The van der Waals surface area contributed by atoms with E-state index in [1.54, 1.807) is 12.1 Å². The maximum atomic E-state index is 12.4. The highest BCUT2D eigenvalue weighted by molar-refractivity contribution is 7.89. The topological polar surface area (TPSA) is 94.2 Å². The van der Waals surface area contributed by atoms with Gasteiger partial charge in [0, 0.05) is 14.1 Å². The fourth-order valence-electron chi connectivity index (χ4n) is 2.61. The van der Waals surface area contributed by atoms with E-state index in [1.165, 1.54) is 46.5 Å². The summed E-state index contributed by atoms with van der Waals surface area (Å²) >= 11 is 0. The van der Waals surface area contributed by atoms with Gasteiger partial charge in [0.2, 0.25) is 10.0 Å². The van der Waals surface area contributed by atoms with Crippen molar-refractivity contribution in [2.45, 2.75) is 11.3 Å². The van der Waals surface area contributed by atoms with Crippen molar-refractivity contribution in [1.29, 1.82) is 0 Å². The van der Waals surface area contributed by atoms with Crippen molar-refractivity contribution in [2.75, 3.05) is 40.2 Å². The lowest BCUT2D eigenvalue weighted by atomic mass is 10.1. The van der Waals surface area contributed by atoms with Crippen LogP contribution >= 0.6 is 0 Å². The van der Waals surface area contributed by atoms with Crippen LogP contribution in [0.25, 0.3) is 0 Å². The predicted molar refractivity (Wildman–Crippen MR) is 115 cm³/mol. The minimum absolute atomic E-state index is 0.0315. The zero-order valence-corrected chi connectivity index (χ0v) is 18.3. The number of amides is 1. The van der Waals surface area contributed by atoms with Crippen molar-refractivity contribution in [3.8, 4) is 17.2 Å². The third-order valence-electron chi connectivity index (χ3n) is 4.19. The van der Waals surface area contributed by atoms with Gasteiger partial charge >= 0.3 is 0 Å². The first-order chi connectivity index (χ1) is 14.2. The largest absolute Gasteiger partial charge is 0.495 e. The second kappa shape index (κ2) is 10.1. The average Bonchev–Trinajstić information content (AvgIpc) is 2.72. The first-order valence-corrected chi connectivity index (χ1v) is 10.5. The third kappa shape index (κ3) is 5.52. The highest BCUT2D eigenvalue weighted by Crippen LogP contribution is 2.30. The van der Waals surface area contributed by atoms with Gasteiger partial charge in [-0.2, -0.15) is 0 Å². The van der Waals surface area contributed by atoms with E-state index in [0.29, 0.717) is 23.7 Å². The lowest BCUT2D eigenvalue weighted by Crippen LogP contribution is -2.23. The summed E-state index contributed by atoms with van der Waals surface area (Å²) in [5, 5.41) is 2.63. The second-order valence-electron chi connectivity index (χ2n) is 6.46. The summed E-state index contributed by atoms with van der Waals surface area (Å²) in [5.41, 5.74) is 1.23. The van der Waals surface area contributed by atoms with E-state index in [2.05, 4.69) is 11.9 Å². The summed E-state index contributed by atoms with van der Waals surface area (Å²) in [7, 11) is 2.14. The molecular weight excluding hydrogens is 408 g/mol. The molecule has 2 aromatic carbocycles. The van der Waals surface area contributed by atoms with Crippen LogP contribution in [0.2, 0.25) is 0 Å². The molecule has 1 N–H and O–H groups in total. The van der Waals surface area contributed by atoms with Gasteiger partial charge in [0.25, 0.3) is 5.91 Å². The molecule has 162 valence electrons. The Morgan fingerprint density at radius 3 is 2.33 bits per heavy atom. The molecule has 0 heterocycles. The van der Waals surface area contributed by atoms with Gasteiger partial charge in [0.1, 0.15) is 5.75 Å². The molecule has 0 radical (unpaired) electrons. The zero-order valence-electron chi connectivity index (χ0n) is 17.5. The molecule has 0 atom stereocenters. The molecule has 0 aromatic heterocycles. The van der Waals surface area contributed by atoms with E-state index < -0.39 is 15.9 Å². The second-order valence-corrected chi connectivity index (χ2v) is 8.62. The van der Waals surface area contributed by atoms with Crippen LogP contribution in [0.5, 0.6) is 17.2 Å². The van der Waals surface area contributed by atoms with Crippen molar-refractivity contribution in [1.82, 2.24) is 4.31 Å². The Bertz CT molecular complexity index is 1020. The number of anilines is 1. The van der Waals surface area contributed by atoms with Crippen molar-refractivity contribution in [3.63, 3.8) is 0 Å². The highest BCUT2D eigenvalue weighted by atomic mass is 32.2. The van der Waals surface area contributed by atoms with Gasteiger partial charge in [-0.25, -0.2) is 12.7 Å². The minimum atomic E-state index is -3.66. The fraction of sp³-hybridized carbons (Fsp3) is 0.286. The van der Waals surface area contributed by atoms with E-state index >= 15 is 0 Å². The summed E-state index contributed by atoms with van der Waals surface area (Å²) in [5.74, 6) is 0.757. The van der Waals surface area contributed by atoms with E-state index in [9.17, 15) is 13.2 Å². The zero-order chi connectivity index (χ0) is 22.3. The van der Waals surface area contributed by atoms with Crippen LogP contribution < -0.4 is 19.5 Å². The van der Waals surface area contributed by atoms with Crippen LogP contribution in [0, 0.1) is 0 Å². The van der Waals surface area contributed by atoms with Crippen LogP contribution in [0.3, 0.4) is 0 Å². The fourth-order valence-corrected chi connectivity index (χ4v) is 3.54. The van der Waals surface area contributed by atoms with Crippen molar-refractivity contribution in [2.24, 2.45) is 0 Å². The number of sulfonamides is 1. The van der Waals surface area contributed by atoms with Gasteiger partial charge in [0.05, 0.1) is 24.8 Å². The Balaban J connectivity index is 2.15. The molecule has 2 rings (SSSR count). The highest BCUT2D eigenvalue weighted by Gasteiger charge is 2.20. The minimum Gasteiger partial charge on any atom is -0.495 e. The first-order valence-electron chi connectivity index (χ1n) is 9.04. The van der Waals surface area contributed by atoms with E-state index in [0.717, 1.165) is 9.87 Å². The number of ether oxygens (including phenoxy) is 3. The van der Waals surface area contributed by atoms with Gasteiger partial charge in [0.15, 0.2) is 18.1 Å². The standard InChI is InChI=1S/C21H26N2O6S/c1-6-7-15-8-10-19(20(12-15)28-5)29-14-21(24)22-17-13-16(9-11-18(17)27-4)30(25,26)23(2)3/h6,8-13H,1,7,14H2,2-5H3,(H,22,24). The lowest BCUT2D eigenvalue weighted by Gasteiger charge is -2.16. The molecule has 30 heavy (non-hydrogen) atoms. The normalized spacial score (nSPS) is 11.1. The molecule has 2 aromatic rings. The molecule has 0 unspecified atom stereocenters. The molecule has 0 aliphatic heterocycles. The molecule has 0 bridgehead atoms. The molecule has 0 saturated heterocycles. The molecule has 9 heteroatoms. The smallest absolute Gasteiger partial charge is 0.262 e. The first kappa shape index (κ1) is 23.2. The maximum absolute atomic E-state index is 12.4. The number of carbonyl (C=O) groups is 1. The van der Waals surface area contributed by atoms with Crippen LogP contribution in [-0.2, 0) is 21.2 Å². The van der Waals surface area contributed by atoms with Crippen LogP contribution in [0.15, 0.2) is 53.9 Å². The Hall–Kier alpha value is -3.04. The number of benzene rings is 2. The van der Waals surface area contributed by atoms with Crippen LogP contribution in [-0.4, -0.2) is 53.6 Å². The van der Waals surface area contributed by atoms with E-state index in [4.69, 9.17) is 14.2 Å². The number of carbonyl (C=O) groups excluding carboxylic acids is 1. The van der Waals surface area contributed by atoms with Gasteiger partial charge in [-0.05, 0) is 42.3 Å². The summed E-state index contributed by atoms with van der Waals surface area (Å²) in [4.78, 5) is 12.4. The van der Waals surface area contributed by atoms with Crippen molar-refractivity contribution < 1.29 is 27.4 Å². The van der Waals surface area contributed by atoms with Crippen LogP contribution in [0.4, 0.5) is 5.69 Å². The maximum Gasteiger partial charge on any atom is 0.262 e. The Kier molecular flexibility index (Phi) is 7.85. The van der Waals surface area contributed by atoms with Crippen molar-refractivity contribution in [3.05, 3.63) is 54.6 Å². The Labute approximate surface area is 177 Å². The molecule has 0 saturated carbocycles. The number of hydrogen-bond acceptors (Lipinski definition) is 6. The predicted octanol–water partition coefficient (Wildman–Crippen LogP) is 2.70. The van der Waals surface area contributed by atoms with Crippen molar-refractivity contribution >= 4 is 21.6 Å². The van der Waals surface area contributed by atoms with Crippen LogP contribution in [0.1, 0.15) is 5.56 Å². The Morgan fingerprint density at radius 2 is 1.73 bits per heavy atom. The molecule has 1 amide bonds. The molecule has 0 spiro atoms. The molecular formula is C21H26N2O6S. The number of methoxy groups -OCH3 is 2. The lowest BCUT2D eigenvalue weighted by molar-refractivity contribution is -0.118. The number of nitrogens with zero attached hydrogens (tertiary/aromatic N) is 1. The van der Waals surface area contributed by atoms with Gasteiger partial charge in [-0.3, -0.25) is 4.79 Å². The monoisotopic (exact) mass is 434 g/mol. The summed E-state index contributed by atoms with van der Waals surface area (Å²) in [6.07, 6.45) is 2.46. The number of allylic oxidation sites excluding steroid dienone is 1. The van der Waals surface area contributed by atoms with Gasteiger partial charge in [-0.15, -0.1) is 6.58 Å². The van der Waals surface area contributed by atoms with E-state index in [1.807, 2.05) is 12.1 Å². The number of nitrogens with one attached hydrogen (secondary N) is 1. The molecule has 0 fully saturated rings. The van der Waals surface area contributed by atoms with E-state index in [-0.39, 0.29) is 17.2 Å². The SMILES string of the molecule is C=CCc1ccc(OCC(=O)Nc2cc(S(=O)(=O)N(C)C)ccc2OC)c(OC)c1. The molecule has 8 nitrogen and oxygen atoms in total. The van der Waals surface area contributed by atoms with Gasteiger partial charge < -0.3 is 19.5 Å². The molecule has 0 aliphatic carbocycles.